The summed E-state index contributed by atoms with van der Waals surface area (Å²) in [6.07, 6.45) is -2.49. The zero-order valence-corrected chi connectivity index (χ0v) is 17.9. The zero-order chi connectivity index (χ0) is 22.8. The molecule has 3 rings (SSSR count). The molecular weight excluding hydrogens is 433 g/mol. The Kier molecular flexibility index (Phi) is 6.39. The minimum absolute atomic E-state index is 0.0610. The van der Waals surface area contributed by atoms with Gasteiger partial charge in [0.05, 0.1) is 17.2 Å². The van der Waals surface area contributed by atoms with Crippen molar-refractivity contribution in [2.45, 2.75) is 26.1 Å². The van der Waals surface area contributed by atoms with E-state index in [2.05, 4.69) is 24.6 Å². The quantitative estimate of drug-likeness (QED) is 0.598. The molecule has 0 radical (unpaired) electrons. The second kappa shape index (κ2) is 8.84. The Morgan fingerprint density at radius 1 is 1.26 bits per heavy atom. The molecule has 0 fully saturated rings. The van der Waals surface area contributed by atoms with Crippen LogP contribution in [-0.4, -0.2) is 50.3 Å². The number of carbonyl (C=O) groups excluding carboxylic acids is 1. The average Bonchev–Trinajstić information content (AvgIpc) is 3.15. The zero-order valence-electron chi connectivity index (χ0n) is 17.1. The third-order valence-electron chi connectivity index (χ3n) is 3.85. The van der Waals surface area contributed by atoms with Gasteiger partial charge in [-0.1, -0.05) is 0 Å². The Labute approximate surface area is 180 Å². The Morgan fingerprint density at radius 2 is 2.00 bits per heavy atom. The van der Waals surface area contributed by atoms with E-state index in [9.17, 15) is 18.0 Å². The molecule has 0 unspecified atom stereocenters. The lowest BCUT2D eigenvalue weighted by Gasteiger charge is -2.15. The standard InChI is InChI=1S/C19H19F3N6O2S/c1-10(2)30-13-6-5-7-23-14(13)16-26-18(31-27-16)25-15-12(17(29)28(3)4)8-11(9-24-15)19(20,21)22/h5-10H,1-4H3,(H,24,25,26,27). The summed E-state index contributed by atoms with van der Waals surface area (Å²) in [5.41, 5.74) is -0.839. The summed E-state index contributed by atoms with van der Waals surface area (Å²) < 4.78 is 49.2. The topological polar surface area (TPSA) is 93.1 Å². The van der Waals surface area contributed by atoms with E-state index >= 15 is 0 Å². The fourth-order valence-corrected chi connectivity index (χ4v) is 3.07. The van der Waals surface area contributed by atoms with Crippen LogP contribution in [0.2, 0.25) is 0 Å². The molecule has 1 amide bonds. The van der Waals surface area contributed by atoms with Gasteiger partial charge in [-0.25, -0.2) is 9.97 Å². The summed E-state index contributed by atoms with van der Waals surface area (Å²) in [5.74, 6) is 0.0754. The number of ether oxygens (including phenoxy) is 1. The molecule has 3 aromatic rings. The van der Waals surface area contributed by atoms with Gasteiger partial charge in [0.25, 0.3) is 5.91 Å². The van der Waals surface area contributed by atoms with Crippen molar-refractivity contribution in [3.63, 3.8) is 0 Å². The molecule has 0 aliphatic heterocycles. The number of amides is 1. The first-order valence-corrected chi connectivity index (χ1v) is 9.85. The fraction of sp³-hybridized carbons (Fsp3) is 0.316. The molecule has 3 aromatic heterocycles. The van der Waals surface area contributed by atoms with Gasteiger partial charge < -0.3 is 15.0 Å². The number of pyridine rings is 2. The fourth-order valence-electron chi connectivity index (χ4n) is 2.50. The first kappa shape index (κ1) is 22.4. The molecule has 0 atom stereocenters. The van der Waals surface area contributed by atoms with E-state index in [1.165, 1.54) is 14.1 Å². The first-order valence-electron chi connectivity index (χ1n) is 9.08. The van der Waals surface area contributed by atoms with E-state index in [1.54, 1.807) is 18.3 Å². The number of anilines is 2. The molecule has 12 heteroatoms. The molecule has 0 aliphatic rings. The summed E-state index contributed by atoms with van der Waals surface area (Å²) in [6.45, 7) is 3.75. The second-order valence-corrected chi connectivity index (χ2v) is 7.63. The predicted molar refractivity (Wildman–Crippen MR) is 109 cm³/mol. The Morgan fingerprint density at radius 3 is 2.65 bits per heavy atom. The van der Waals surface area contributed by atoms with Crippen molar-refractivity contribution in [2.24, 2.45) is 0 Å². The van der Waals surface area contributed by atoms with Crippen molar-refractivity contribution in [1.29, 1.82) is 0 Å². The summed E-state index contributed by atoms with van der Waals surface area (Å²) in [4.78, 5) is 26.0. The highest BCUT2D eigenvalue weighted by molar-refractivity contribution is 7.09. The largest absolute Gasteiger partial charge is 0.489 e. The molecule has 0 spiro atoms. The number of nitrogens with zero attached hydrogens (tertiary/aromatic N) is 5. The monoisotopic (exact) mass is 452 g/mol. The molecule has 0 saturated heterocycles. The lowest BCUT2D eigenvalue weighted by molar-refractivity contribution is -0.137. The van der Waals surface area contributed by atoms with Crippen molar-refractivity contribution in [2.75, 3.05) is 19.4 Å². The van der Waals surface area contributed by atoms with Crippen LogP contribution in [0, 0.1) is 0 Å². The van der Waals surface area contributed by atoms with Crippen LogP contribution in [0.25, 0.3) is 11.5 Å². The van der Waals surface area contributed by atoms with Crippen molar-refractivity contribution < 1.29 is 22.7 Å². The molecule has 164 valence electrons. The van der Waals surface area contributed by atoms with Crippen LogP contribution < -0.4 is 10.1 Å². The van der Waals surface area contributed by atoms with E-state index < -0.39 is 17.6 Å². The van der Waals surface area contributed by atoms with Gasteiger partial charge in [0, 0.05) is 38.0 Å². The maximum absolute atomic E-state index is 13.1. The lowest BCUT2D eigenvalue weighted by atomic mass is 10.1. The van der Waals surface area contributed by atoms with Gasteiger partial charge in [0.2, 0.25) is 5.13 Å². The molecule has 3 heterocycles. The maximum atomic E-state index is 13.1. The van der Waals surface area contributed by atoms with Crippen molar-refractivity contribution in [3.05, 3.63) is 41.7 Å². The molecule has 0 aromatic carbocycles. The number of alkyl halides is 3. The summed E-state index contributed by atoms with van der Waals surface area (Å²) in [6, 6.07) is 4.21. The van der Waals surface area contributed by atoms with Crippen LogP contribution >= 0.6 is 11.5 Å². The van der Waals surface area contributed by atoms with Gasteiger partial charge in [-0.3, -0.25) is 4.79 Å². The number of nitrogens with one attached hydrogen (secondary N) is 1. The number of carbonyl (C=O) groups is 1. The van der Waals surface area contributed by atoms with E-state index in [0.717, 1.165) is 22.5 Å². The van der Waals surface area contributed by atoms with Crippen LogP contribution in [0.4, 0.5) is 24.1 Å². The number of halogens is 3. The van der Waals surface area contributed by atoms with Crippen LogP contribution in [0.5, 0.6) is 5.75 Å². The molecule has 8 nitrogen and oxygen atoms in total. The molecule has 0 saturated carbocycles. The third kappa shape index (κ3) is 5.26. The average molecular weight is 452 g/mol. The van der Waals surface area contributed by atoms with Gasteiger partial charge in [-0.05, 0) is 32.0 Å². The van der Waals surface area contributed by atoms with Gasteiger partial charge >= 0.3 is 6.18 Å². The van der Waals surface area contributed by atoms with E-state index in [1.807, 2.05) is 13.8 Å². The minimum atomic E-state index is -4.63. The number of aromatic nitrogens is 4. The number of hydrogen-bond acceptors (Lipinski definition) is 8. The SMILES string of the molecule is CC(C)Oc1cccnc1-c1nsc(Nc2ncc(C(F)(F)F)cc2C(=O)N(C)C)n1. The molecule has 31 heavy (non-hydrogen) atoms. The van der Waals surface area contributed by atoms with Crippen LogP contribution in [0.15, 0.2) is 30.6 Å². The smallest absolute Gasteiger partial charge is 0.417 e. The van der Waals surface area contributed by atoms with Gasteiger partial charge in [-0.15, -0.1) is 0 Å². The Bertz CT molecular complexity index is 1080. The van der Waals surface area contributed by atoms with Crippen molar-refractivity contribution in [3.8, 4) is 17.3 Å². The molecule has 0 bridgehead atoms. The van der Waals surface area contributed by atoms with E-state index in [-0.39, 0.29) is 28.4 Å². The predicted octanol–water partition coefficient (Wildman–Crippen LogP) is 4.25. The van der Waals surface area contributed by atoms with Gasteiger partial charge in [0.15, 0.2) is 11.5 Å². The van der Waals surface area contributed by atoms with Crippen LogP contribution in [0.1, 0.15) is 29.8 Å². The Hall–Kier alpha value is -3.28. The number of rotatable bonds is 6. The number of hydrogen-bond donors (Lipinski definition) is 1. The third-order valence-corrected chi connectivity index (χ3v) is 4.48. The van der Waals surface area contributed by atoms with Gasteiger partial charge in [0.1, 0.15) is 11.6 Å². The van der Waals surface area contributed by atoms with Crippen molar-refractivity contribution in [1.82, 2.24) is 24.2 Å². The summed E-state index contributed by atoms with van der Waals surface area (Å²) in [5, 5.41) is 3.02. The highest BCUT2D eigenvalue weighted by Gasteiger charge is 2.33. The second-order valence-electron chi connectivity index (χ2n) is 6.88. The van der Waals surface area contributed by atoms with Crippen molar-refractivity contribution >= 4 is 28.4 Å². The lowest BCUT2D eigenvalue weighted by Crippen LogP contribution is -2.24. The first-order chi connectivity index (χ1) is 14.6. The van der Waals surface area contributed by atoms with Crippen LogP contribution in [0.3, 0.4) is 0 Å². The highest BCUT2D eigenvalue weighted by atomic mass is 32.1. The molecule has 0 aliphatic carbocycles. The van der Waals surface area contributed by atoms with E-state index in [4.69, 9.17) is 4.74 Å². The summed E-state index contributed by atoms with van der Waals surface area (Å²) in [7, 11) is 2.87. The van der Waals surface area contributed by atoms with E-state index in [0.29, 0.717) is 17.6 Å². The highest BCUT2D eigenvalue weighted by Crippen LogP contribution is 2.33. The molecule has 1 N–H and O–H groups in total. The normalized spacial score (nSPS) is 11.5. The summed E-state index contributed by atoms with van der Waals surface area (Å²) >= 11 is 0.950. The maximum Gasteiger partial charge on any atom is 0.417 e. The Balaban J connectivity index is 1.94. The van der Waals surface area contributed by atoms with Gasteiger partial charge in [-0.2, -0.15) is 22.5 Å². The van der Waals surface area contributed by atoms with Crippen LogP contribution in [-0.2, 0) is 6.18 Å². The molecular formula is C19H19F3N6O2S. The minimum Gasteiger partial charge on any atom is -0.489 e.